The average molecular weight is 286 g/mol. The number of carbonyl (C=O) groups is 1. The van der Waals surface area contributed by atoms with Gasteiger partial charge in [0, 0.05) is 33.1 Å². The minimum Gasteiger partial charge on any atom is -0.383 e. The first kappa shape index (κ1) is 14.9. The molecular formula is C15H18N4O2. The van der Waals surface area contributed by atoms with Crippen molar-refractivity contribution in [3.63, 3.8) is 0 Å². The number of aromatic nitrogens is 2. The quantitative estimate of drug-likeness (QED) is 0.877. The van der Waals surface area contributed by atoms with Crippen molar-refractivity contribution in [2.45, 2.75) is 0 Å². The van der Waals surface area contributed by atoms with Crippen molar-refractivity contribution in [3.05, 3.63) is 48.4 Å². The van der Waals surface area contributed by atoms with Crippen LogP contribution in [0.4, 0.5) is 11.5 Å². The lowest BCUT2D eigenvalue weighted by Gasteiger charge is -2.18. The first-order valence-corrected chi connectivity index (χ1v) is 6.58. The lowest BCUT2D eigenvalue weighted by atomic mass is 10.2. The Morgan fingerprint density at radius 3 is 2.81 bits per heavy atom. The predicted molar refractivity (Wildman–Crippen MR) is 81.6 cm³/mol. The molecule has 0 saturated carbocycles. The number of carbonyl (C=O) groups excluding carboxylic acids is 1. The molecule has 0 saturated heterocycles. The smallest absolute Gasteiger partial charge is 0.258 e. The molecule has 0 aliphatic carbocycles. The highest BCUT2D eigenvalue weighted by Gasteiger charge is 2.07. The molecule has 1 N–H and O–H groups in total. The van der Waals surface area contributed by atoms with Gasteiger partial charge in [-0.25, -0.2) is 4.98 Å². The second-order valence-electron chi connectivity index (χ2n) is 4.51. The molecule has 0 unspecified atom stereocenters. The summed E-state index contributed by atoms with van der Waals surface area (Å²) in [6, 6.07) is 7.10. The number of amides is 1. The topological polar surface area (TPSA) is 67.3 Å². The third-order valence-electron chi connectivity index (χ3n) is 2.98. The Kier molecular flexibility index (Phi) is 5.22. The molecule has 0 aliphatic heterocycles. The van der Waals surface area contributed by atoms with Crippen LogP contribution in [0, 0.1) is 0 Å². The highest BCUT2D eigenvalue weighted by atomic mass is 16.5. The fourth-order valence-electron chi connectivity index (χ4n) is 1.73. The van der Waals surface area contributed by atoms with Gasteiger partial charge in [-0.1, -0.05) is 0 Å². The fraction of sp³-hybridized carbons (Fsp3) is 0.267. The number of pyridine rings is 2. The van der Waals surface area contributed by atoms with Gasteiger partial charge in [-0.3, -0.25) is 9.78 Å². The second-order valence-corrected chi connectivity index (χ2v) is 4.51. The van der Waals surface area contributed by atoms with E-state index in [-0.39, 0.29) is 5.91 Å². The van der Waals surface area contributed by atoms with Crippen LogP contribution in [-0.2, 0) is 4.74 Å². The number of likely N-dealkylation sites (N-methyl/N-ethyl adjacent to an activating group) is 1. The molecule has 2 aromatic rings. The van der Waals surface area contributed by atoms with E-state index in [4.69, 9.17) is 4.74 Å². The lowest BCUT2D eigenvalue weighted by molar-refractivity contribution is 0.102. The van der Waals surface area contributed by atoms with E-state index in [0.717, 1.165) is 12.2 Å². The maximum atomic E-state index is 12.0. The minimum absolute atomic E-state index is 0.226. The van der Waals surface area contributed by atoms with Crippen LogP contribution in [0.1, 0.15) is 10.4 Å². The van der Waals surface area contributed by atoms with Crippen LogP contribution < -0.4 is 10.2 Å². The molecule has 110 valence electrons. The van der Waals surface area contributed by atoms with E-state index in [0.29, 0.717) is 18.0 Å². The van der Waals surface area contributed by atoms with Crippen molar-refractivity contribution in [2.75, 3.05) is 37.5 Å². The number of nitrogens with one attached hydrogen (secondary N) is 1. The number of nitrogens with zero attached hydrogens (tertiary/aromatic N) is 3. The Hall–Kier alpha value is -2.47. The van der Waals surface area contributed by atoms with Gasteiger partial charge in [0.05, 0.1) is 24.1 Å². The zero-order valence-corrected chi connectivity index (χ0v) is 12.1. The van der Waals surface area contributed by atoms with Crippen LogP contribution in [0.3, 0.4) is 0 Å². The molecule has 0 aliphatic rings. The summed E-state index contributed by atoms with van der Waals surface area (Å²) < 4.78 is 5.03. The predicted octanol–water partition coefficient (Wildman–Crippen LogP) is 1.81. The Labute approximate surface area is 123 Å². The van der Waals surface area contributed by atoms with Crippen molar-refractivity contribution in [1.29, 1.82) is 0 Å². The molecule has 0 spiro atoms. The number of rotatable bonds is 6. The number of methoxy groups -OCH3 is 1. The second kappa shape index (κ2) is 7.35. The standard InChI is InChI=1S/C15H18N4O2/c1-19(8-9-21-2)13-5-6-14(17-11-13)18-15(20)12-4-3-7-16-10-12/h3-7,10-11H,8-9H2,1-2H3,(H,17,18,20). The molecular weight excluding hydrogens is 268 g/mol. The zero-order valence-electron chi connectivity index (χ0n) is 12.1. The summed E-state index contributed by atoms with van der Waals surface area (Å²) in [4.78, 5) is 22.1. The van der Waals surface area contributed by atoms with Gasteiger partial charge in [0.2, 0.25) is 0 Å². The largest absolute Gasteiger partial charge is 0.383 e. The molecule has 2 heterocycles. The third kappa shape index (κ3) is 4.25. The van der Waals surface area contributed by atoms with Gasteiger partial charge < -0.3 is 15.0 Å². The maximum absolute atomic E-state index is 12.0. The Balaban J connectivity index is 1.98. The van der Waals surface area contributed by atoms with E-state index >= 15 is 0 Å². The van der Waals surface area contributed by atoms with Crippen molar-refractivity contribution >= 4 is 17.4 Å². The molecule has 1 amide bonds. The molecule has 0 fully saturated rings. The molecule has 0 bridgehead atoms. The van der Waals surface area contributed by atoms with Crippen molar-refractivity contribution < 1.29 is 9.53 Å². The summed E-state index contributed by atoms with van der Waals surface area (Å²) >= 11 is 0. The molecule has 0 atom stereocenters. The van der Waals surface area contributed by atoms with Crippen LogP contribution in [0.15, 0.2) is 42.9 Å². The lowest BCUT2D eigenvalue weighted by Crippen LogP contribution is -2.22. The van der Waals surface area contributed by atoms with Crippen molar-refractivity contribution in [2.24, 2.45) is 0 Å². The summed E-state index contributed by atoms with van der Waals surface area (Å²) in [5.41, 5.74) is 1.46. The summed E-state index contributed by atoms with van der Waals surface area (Å²) in [5, 5.41) is 2.73. The molecule has 0 radical (unpaired) electrons. The first-order valence-electron chi connectivity index (χ1n) is 6.58. The normalized spacial score (nSPS) is 10.2. The van der Waals surface area contributed by atoms with Gasteiger partial charge in [0.15, 0.2) is 0 Å². The number of ether oxygens (including phenoxy) is 1. The number of hydrogen-bond acceptors (Lipinski definition) is 5. The van der Waals surface area contributed by atoms with E-state index in [9.17, 15) is 4.79 Å². The Morgan fingerprint density at radius 1 is 1.33 bits per heavy atom. The maximum Gasteiger partial charge on any atom is 0.258 e. The molecule has 2 rings (SSSR count). The Bertz CT molecular complexity index is 572. The third-order valence-corrected chi connectivity index (χ3v) is 2.98. The van der Waals surface area contributed by atoms with Crippen molar-refractivity contribution in [1.82, 2.24) is 9.97 Å². The van der Waals surface area contributed by atoms with Crippen LogP contribution in [0.2, 0.25) is 0 Å². The Morgan fingerprint density at radius 2 is 2.19 bits per heavy atom. The monoisotopic (exact) mass is 286 g/mol. The van der Waals surface area contributed by atoms with Crippen LogP contribution in [-0.4, -0.2) is 43.2 Å². The van der Waals surface area contributed by atoms with Gasteiger partial charge >= 0.3 is 0 Å². The van der Waals surface area contributed by atoms with Crippen LogP contribution >= 0.6 is 0 Å². The van der Waals surface area contributed by atoms with Crippen LogP contribution in [0.25, 0.3) is 0 Å². The van der Waals surface area contributed by atoms with Gasteiger partial charge in [0.25, 0.3) is 5.91 Å². The minimum atomic E-state index is -0.226. The van der Waals surface area contributed by atoms with Gasteiger partial charge in [-0.2, -0.15) is 0 Å². The molecule has 6 nitrogen and oxygen atoms in total. The molecule has 6 heteroatoms. The number of hydrogen-bond donors (Lipinski definition) is 1. The fourth-order valence-corrected chi connectivity index (χ4v) is 1.73. The summed E-state index contributed by atoms with van der Waals surface area (Å²) in [6.07, 6.45) is 4.86. The van der Waals surface area contributed by atoms with Gasteiger partial charge in [0.1, 0.15) is 5.82 Å². The van der Waals surface area contributed by atoms with E-state index in [2.05, 4.69) is 15.3 Å². The van der Waals surface area contributed by atoms with E-state index in [1.165, 1.54) is 6.20 Å². The number of anilines is 2. The summed E-state index contributed by atoms with van der Waals surface area (Å²) in [5.74, 6) is 0.281. The molecule has 0 aromatic carbocycles. The molecule has 21 heavy (non-hydrogen) atoms. The van der Waals surface area contributed by atoms with Gasteiger partial charge in [-0.05, 0) is 24.3 Å². The molecule has 2 aromatic heterocycles. The highest BCUT2D eigenvalue weighted by Crippen LogP contribution is 2.14. The van der Waals surface area contributed by atoms with E-state index in [1.54, 1.807) is 37.7 Å². The average Bonchev–Trinajstić information content (AvgIpc) is 2.54. The first-order chi connectivity index (χ1) is 10.2. The van der Waals surface area contributed by atoms with E-state index < -0.39 is 0 Å². The SMILES string of the molecule is COCCN(C)c1ccc(NC(=O)c2cccnc2)nc1. The van der Waals surface area contributed by atoms with Crippen molar-refractivity contribution in [3.8, 4) is 0 Å². The van der Waals surface area contributed by atoms with Gasteiger partial charge in [-0.15, -0.1) is 0 Å². The van der Waals surface area contributed by atoms with E-state index in [1.807, 2.05) is 18.0 Å². The zero-order chi connectivity index (χ0) is 15.1. The summed E-state index contributed by atoms with van der Waals surface area (Å²) in [7, 11) is 3.63. The summed E-state index contributed by atoms with van der Waals surface area (Å²) in [6.45, 7) is 1.43. The van der Waals surface area contributed by atoms with Crippen LogP contribution in [0.5, 0.6) is 0 Å². The highest BCUT2D eigenvalue weighted by molar-refractivity contribution is 6.03.